The fraction of sp³-hybridized carbons (Fsp3) is 0.300. The highest BCUT2D eigenvalue weighted by molar-refractivity contribution is 6.28. The van der Waals surface area contributed by atoms with E-state index in [1.807, 2.05) is 12.1 Å². The molecule has 76 valence electrons. The number of halogens is 2. The van der Waals surface area contributed by atoms with Crippen molar-refractivity contribution >= 4 is 29.1 Å². The summed E-state index contributed by atoms with van der Waals surface area (Å²) in [6, 6.07) is 7.05. The SMILES string of the molecule is NC(=O)c1ccc(CC(Cl)CCl)cc1. The third kappa shape index (κ3) is 3.20. The fourth-order valence-corrected chi connectivity index (χ4v) is 1.40. The molecule has 1 atom stereocenters. The molecule has 1 rings (SSSR count). The standard InChI is InChI=1S/C10H11Cl2NO/c11-6-9(12)5-7-1-3-8(4-2-7)10(13)14/h1-4,9H,5-6H2,(H2,13,14). The first kappa shape index (κ1) is 11.3. The van der Waals surface area contributed by atoms with E-state index < -0.39 is 5.91 Å². The van der Waals surface area contributed by atoms with Crippen LogP contribution in [-0.4, -0.2) is 17.2 Å². The highest BCUT2D eigenvalue weighted by Crippen LogP contribution is 2.10. The van der Waals surface area contributed by atoms with Crippen LogP contribution in [0.5, 0.6) is 0 Å². The van der Waals surface area contributed by atoms with Crippen LogP contribution in [0.15, 0.2) is 24.3 Å². The number of primary amides is 1. The van der Waals surface area contributed by atoms with Gasteiger partial charge in [0.2, 0.25) is 5.91 Å². The van der Waals surface area contributed by atoms with Gasteiger partial charge in [-0.15, -0.1) is 23.2 Å². The quantitative estimate of drug-likeness (QED) is 0.794. The molecule has 0 heterocycles. The highest BCUT2D eigenvalue weighted by Gasteiger charge is 2.05. The van der Waals surface area contributed by atoms with Crippen LogP contribution in [0.25, 0.3) is 0 Å². The molecule has 1 aromatic carbocycles. The maximum Gasteiger partial charge on any atom is 0.248 e. The van der Waals surface area contributed by atoms with Crippen LogP contribution in [-0.2, 0) is 6.42 Å². The van der Waals surface area contributed by atoms with E-state index in [1.54, 1.807) is 12.1 Å². The predicted octanol–water partition coefficient (Wildman–Crippen LogP) is 2.17. The zero-order valence-corrected chi connectivity index (χ0v) is 9.05. The molecule has 0 aromatic heterocycles. The fourth-order valence-electron chi connectivity index (χ4n) is 1.12. The van der Waals surface area contributed by atoms with Gasteiger partial charge in [0, 0.05) is 11.4 Å². The average Bonchev–Trinajstić information content (AvgIpc) is 2.18. The maximum atomic E-state index is 10.8. The van der Waals surface area contributed by atoms with Gasteiger partial charge in [-0.05, 0) is 24.1 Å². The second-order valence-corrected chi connectivity index (χ2v) is 3.94. The van der Waals surface area contributed by atoms with Gasteiger partial charge in [0.25, 0.3) is 0 Å². The van der Waals surface area contributed by atoms with Gasteiger partial charge < -0.3 is 5.73 Å². The summed E-state index contributed by atoms with van der Waals surface area (Å²) < 4.78 is 0. The van der Waals surface area contributed by atoms with Crippen LogP contribution in [0.4, 0.5) is 0 Å². The average molecular weight is 232 g/mol. The lowest BCUT2D eigenvalue weighted by atomic mass is 10.1. The summed E-state index contributed by atoms with van der Waals surface area (Å²) in [5.74, 6) is -0.00428. The lowest BCUT2D eigenvalue weighted by molar-refractivity contribution is 0.100. The van der Waals surface area contributed by atoms with Crippen molar-refractivity contribution in [2.24, 2.45) is 5.73 Å². The van der Waals surface area contributed by atoms with Gasteiger partial charge in [-0.25, -0.2) is 0 Å². The van der Waals surface area contributed by atoms with Crippen LogP contribution in [0, 0.1) is 0 Å². The molecule has 4 heteroatoms. The van der Waals surface area contributed by atoms with Crippen molar-refractivity contribution in [2.75, 3.05) is 5.88 Å². The topological polar surface area (TPSA) is 43.1 Å². The molecule has 0 aliphatic rings. The molecular weight excluding hydrogens is 221 g/mol. The Labute approximate surface area is 93.0 Å². The van der Waals surface area contributed by atoms with E-state index in [0.29, 0.717) is 17.9 Å². The van der Waals surface area contributed by atoms with E-state index in [9.17, 15) is 4.79 Å². The Balaban J connectivity index is 2.68. The van der Waals surface area contributed by atoms with Crippen molar-refractivity contribution in [3.63, 3.8) is 0 Å². The minimum Gasteiger partial charge on any atom is -0.366 e. The van der Waals surface area contributed by atoms with E-state index in [0.717, 1.165) is 5.56 Å². The Kier molecular flexibility index (Phi) is 4.23. The van der Waals surface area contributed by atoms with Crippen molar-refractivity contribution < 1.29 is 4.79 Å². The van der Waals surface area contributed by atoms with Crippen molar-refractivity contribution in [3.8, 4) is 0 Å². The first-order valence-corrected chi connectivity index (χ1v) is 5.19. The number of hydrogen-bond donors (Lipinski definition) is 1. The minimum absolute atomic E-state index is 0.0731. The number of benzene rings is 1. The molecule has 14 heavy (non-hydrogen) atoms. The molecule has 1 unspecified atom stereocenters. The normalized spacial score (nSPS) is 12.4. The van der Waals surface area contributed by atoms with Crippen molar-refractivity contribution in [3.05, 3.63) is 35.4 Å². The molecular formula is C10H11Cl2NO. The van der Waals surface area contributed by atoms with Crippen molar-refractivity contribution in [2.45, 2.75) is 11.8 Å². The van der Waals surface area contributed by atoms with Crippen LogP contribution < -0.4 is 5.73 Å². The summed E-state index contributed by atoms with van der Waals surface area (Å²) in [6.45, 7) is 0. The molecule has 2 N–H and O–H groups in total. The van der Waals surface area contributed by atoms with Gasteiger partial charge in [0.15, 0.2) is 0 Å². The summed E-state index contributed by atoms with van der Waals surface area (Å²) in [5, 5.41) is -0.0731. The molecule has 0 saturated heterocycles. The molecule has 2 nitrogen and oxygen atoms in total. The molecule has 0 bridgehead atoms. The van der Waals surface area contributed by atoms with Crippen LogP contribution >= 0.6 is 23.2 Å². The second-order valence-electron chi connectivity index (χ2n) is 3.02. The lowest BCUT2D eigenvalue weighted by Gasteiger charge is -2.05. The first-order chi connectivity index (χ1) is 6.63. The Morgan fingerprint density at radius 2 is 1.93 bits per heavy atom. The second kappa shape index (κ2) is 5.23. The first-order valence-electron chi connectivity index (χ1n) is 4.22. The smallest absolute Gasteiger partial charge is 0.248 e. The van der Waals surface area contributed by atoms with Crippen LogP contribution in [0.1, 0.15) is 15.9 Å². The third-order valence-electron chi connectivity index (χ3n) is 1.86. The van der Waals surface area contributed by atoms with Gasteiger partial charge in [0.1, 0.15) is 0 Å². The summed E-state index contributed by atoms with van der Waals surface area (Å²) in [5.41, 5.74) is 6.66. The zero-order valence-electron chi connectivity index (χ0n) is 7.54. The van der Waals surface area contributed by atoms with Gasteiger partial charge in [-0.2, -0.15) is 0 Å². The molecule has 0 spiro atoms. The Morgan fingerprint density at radius 3 is 2.36 bits per heavy atom. The molecule has 0 fully saturated rings. The number of hydrogen-bond acceptors (Lipinski definition) is 1. The Bertz CT molecular complexity index is 310. The number of rotatable bonds is 4. The third-order valence-corrected chi connectivity index (χ3v) is 2.70. The largest absolute Gasteiger partial charge is 0.366 e. The minimum atomic E-state index is -0.420. The van der Waals surface area contributed by atoms with Crippen molar-refractivity contribution in [1.29, 1.82) is 0 Å². The summed E-state index contributed by atoms with van der Waals surface area (Å²) in [7, 11) is 0. The predicted molar refractivity (Wildman–Crippen MR) is 59.0 cm³/mol. The van der Waals surface area contributed by atoms with E-state index in [2.05, 4.69) is 0 Å². The molecule has 0 saturated carbocycles. The van der Waals surface area contributed by atoms with Gasteiger partial charge >= 0.3 is 0 Å². The van der Waals surface area contributed by atoms with E-state index in [1.165, 1.54) is 0 Å². The van der Waals surface area contributed by atoms with Gasteiger partial charge in [-0.3, -0.25) is 4.79 Å². The molecule has 0 aliphatic heterocycles. The van der Waals surface area contributed by atoms with Gasteiger partial charge in [0.05, 0.1) is 5.38 Å². The molecule has 0 aliphatic carbocycles. The monoisotopic (exact) mass is 231 g/mol. The Morgan fingerprint density at radius 1 is 1.36 bits per heavy atom. The molecule has 1 amide bonds. The number of amides is 1. The van der Waals surface area contributed by atoms with E-state index >= 15 is 0 Å². The van der Waals surface area contributed by atoms with Crippen molar-refractivity contribution in [1.82, 2.24) is 0 Å². The number of carbonyl (C=O) groups excluding carboxylic acids is 1. The molecule has 0 radical (unpaired) electrons. The number of nitrogens with two attached hydrogens (primary N) is 1. The molecule has 1 aromatic rings. The van der Waals surface area contributed by atoms with E-state index in [4.69, 9.17) is 28.9 Å². The van der Waals surface area contributed by atoms with Crippen LogP contribution in [0.3, 0.4) is 0 Å². The summed E-state index contributed by atoms with van der Waals surface area (Å²) in [6.07, 6.45) is 0.699. The zero-order chi connectivity index (χ0) is 10.6. The maximum absolute atomic E-state index is 10.8. The van der Waals surface area contributed by atoms with Crippen LogP contribution in [0.2, 0.25) is 0 Å². The lowest BCUT2D eigenvalue weighted by Crippen LogP contribution is -2.11. The number of alkyl halides is 2. The Hall–Kier alpha value is -0.730. The van der Waals surface area contributed by atoms with E-state index in [-0.39, 0.29) is 5.38 Å². The summed E-state index contributed by atoms with van der Waals surface area (Å²) >= 11 is 11.5. The van der Waals surface area contributed by atoms with Gasteiger partial charge in [-0.1, -0.05) is 12.1 Å². The number of carbonyl (C=O) groups is 1. The summed E-state index contributed by atoms with van der Waals surface area (Å²) in [4.78, 5) is 10.8. The highest BCUT2D eigenvalue weighted by atomic mass is 35.5.